The fraction of sp³-hybridized carbons (Fsp3) is 0.169. The summed E-state index contributed by atoms with van der Waals surface area (Å²) in [5, 5.41) is 2.23. The molecule has 0 atom stereocenters. The van der Waals surface area contributed by atoms with Gasteiger partial charge in [-0.3, -0.25) is 0 Å². The number of pyridine rings is 1. The van der Waals surface area contributed by atoms with Crippen LogP contribution in [0.3, 0.4) is 0 Å². The van der Waals surface area contributed by atoms with Crippen molar-refractivity contribution in [2.75, 3.05) is 9.80 Å². The normalized spacial score (nSPS) is 12.8. The minimum atomic E-state index is -0.254. The molecule has 1 aliphatic heterocycles. The molecule has 1 aliphatic rings. The van der Waals surface area contributed by atoms with Gasteiger partial charge in [-0.05, 0) is 97.6 Å². The van der Waals surface area contributed by atoms with E-state index in [1.54, 1.807) is 0 Å². The van der Waals surface area contributed by atoms with Crippen LogP contribution in [0.4, 0.5) is 22.7 Å². The van der Waals surface area contributed by atoms with E-state index in [0.717, 1.165) is 61.5 Å². The third-order valence-corrected chi connectivity index (χ3v) is 14.0. The van der Waals surface area contributed by atoms with Gasteiger partial charge in [0.25, 0.3) is 0 Å². The Balaban J connectivity index is 0.00000582. The van der Waals surface area contributed by atoms with E-state index in [9.17, 15) is 0 Å². The van der Waals surface area contributed by atoms with Crippen molar-refractivity contribution in [1.29, 1.82) is 0 Å². The van der Waals surface area contributed by atoms with Crippen LogP contribution in [0.5, 0.6) is 11.5 Å². The summed E-state index contributed by atoms with van der Waals surface area (Å²) in [5.41, 5.74) is 15.4. The standard InChI is InChI=1S/C65H57N4O.Pt/c1-63(2,3)48-30-32-54(46-36-45(44-20-11-9-12-21-44)37-50(38-46)65(7,8)47-22-13-10-14-23-47)60(39-48)68-43-67(58-28-17-18-29-59(58)68)51-24-19-25-52(41-51)70-53-31-33-56-55-26-15-16-27-57(55)69(61(56)42-53)62-40-49(34-35-66-62)64(4,5)6;/h9-40,43H,1-8H3;/q-3;. The summed E-state index contributed by atoms with van der Waals surface area (Å²) in [5.74, 6) is 2.04. The van der Waals surface area contributed by atoms with Gasteiger partial charge in [-0.1, -0.05) is 176 Å². The van der Waals surface area contributed by atoms with E-state index >= 15 is 0 Å². The van der Waals surface area contributed by atoms with Crippen LogP contribution in [0.1, 0.15) is 77.6 Å². The summed E-state index contributed by atoms with van der Waals surface area (Å²) in [7, 11) is 0. The number of hydrogen-bond donors (Lipinski definition) is 0. The van der Waals surface area contributed by atoms with E-state index in [4.69, 9.17) is 9.72 Å². The van der Waals surface area contributed by atoms with Gasteiger partial charge in [-0.2, -0.15) is 12.1 Å². The molecule has 0 aliphatic carbocycles. The molecule has 0 N–H and O–H groups in total. The summed E-state index contributed by atoms with van der Waals surface area (Å²) in [6.07, 6.45) is 1.90. The van der Waals surface area contributed by atoms with E-state index in [1.165, 1.54) is 33.4 Å². The molecule has 0 amide bonds. The van der Waals surface area contributed by atoms with Gasteiger partial charge in [0.2, 0.25) is 0 Å². The summed E-state index contributed by atoms with van der Waals surface area (Å²) < 4.78 is 8.90. The number of hydrogen-bond acceptors (Lipinski definition) is 4. The van der Waals surface area contributed by atoms with Crippen LogP contribution >= 0.6 is 0 Å². The molecule has 3 heterocycles. The van der Waals surface area contributed by atoms with Crippen molar-refractivity contribution in [2.45, 2.75) is 71.6 Å². The second kappa shape index (κ2) is 18.5. The van der Waals surface area contributed by atoms with Crippen LogP contribution in [0.25, 0.3) is 49.9 Å². The Morgan fingerprint density at radius 2 is 1.11 bits per heavy atom. The topological polar surface area (TPSA) is 33.5 Å². The van der Waals surface area contributed by atoms with Gasteiger partial charge in [0, 0.05) is 72.3 Å². The Bertz CT molecular complexity index is 3560. The first-order chi connectivity index (χ1) is 33.7. The predicted molar refractivity (Wildman–Crippen MR) is 291 cm³/mol. The molecule has 2 aromatic heterocycles. The Kier molecular flexibility index (Phi) is 12.4. The minimum Gasteiger partial charge on any atom is -0.509 e. The van der Waals surface area contributed by atoms with Crippen molar-refractivity contribution in [2.24, 2.45) is 0 Å². The number of ether oxygens (including phenoxy) is 1. The molecule has 0 saturated heterocycles. The largest absolute Gasteiger partial charge is 0.509 e. The molecule has 0 radical (unpaired) electrons. The van der Waals surface area contributed by atoms with E-state index in [0.29, 0.717) is 11.5 Å². The van der Waals surface area contributed by atoms with Crippen molar-refractivity contribution in [3.63, 3.8) is 0 Å². The van der Waals surface area contributed by atoms with Crippen molar-refractivity contribution in [1.82, 2.24) is 9.55 Å². The minimum absolute atomic E-state index is 0. The molecule has 0 bridgehead atoms. The Labute approximate surface area is 433 Å². The van der Waals surface area contributed by atoms with Crippen LogP contribution in [0, 0.1) is 18.8 Å². The van der Waals surface area contributed by atoms with Gasteiger partial charge in [0.15, 0.2) is 0 Å². The third kappa shape index (κ3) is 8.98. The zero-order chi connectivity index (χ0) is 48.4. The van der Waals surface area contributed by atoms with Crippen LogP contribution < -0.4 is 14.5 Å². The second-order valence-electron chi connectivity index (χ2n) is 21.1. The molecule has 6 heteroatoms. The van der Waals surface area contributed by atoms with Crippen LogP contribution in [-0.4, -0.2) is 9.55 Å². The van der Waals surface area contributed by atoms with Crippen LogP contribution in [0.15, 0.2) is 194 Å². The molecule has 71 heavy (non-hydrogen) atoms. The monoisotopic (exact) mass is 1100 g/mol. The Morgan fingerprint density at radius 3 is 1.86 bits per heavy atom. The average Bonchev–Trinajstić information content (AvgIpc) is 3.92. The molecule has 0 saturated carbocycles. The van der Waals surface area contributed by atoms with Gasteiger partial charge >= 0.3 is 0 Å². The number of rotatable bonds is 9. The first-order valence-electron chi connectivity index (χ1n) is 24.3. The van der Waals surface area contributed by atoms with Gasteiger partial charge in [-0.15, -0.1) is 48.1 Å². The average molecular weight is 1110 g/mol. The van der Waals surface area contributed by atoms with E-state index in [-0.39, 0.29) is 37.3 Å². The van der Waals surface area contributed by atoms with Crippen molar-refractivity contribution in [3.05, 3.63) is 235 Å². The molecule has 10 aromatic rings. The fourth-order valence-electron chi connectivity index (χ4n) is 9.83. The second-order valence-corrected chi connectivity index (χ2v) is 21.1. The molecule has 8 aromatic carbocycles. The zero-order valence-corrected chi connectivity index (χ0v) is 43.8. The summed E-state index contributed by atoms with van der Waals surface area (Å²) >= 11 is 0. The molecule has 356 valence electrons. The van der Waals surface area contributed by atoms with E-state index < -0.39 is 0 Å². The molecule has 11 rings (SSSR count). The number of benzene rings is 8. The summed E-state index contributed by atoms with van der Waals surface area (Å²) in [4.78, 5) is 9.44. The quantitative estimate of drug-likeness (QED) is 0.135. The zero-order valence-electron chi connectivity index (χ0n) is 41.6. The maximum absolute atomic E-state index is 6.70. The third-order valence-electron chi connectivity index (χ3n) is 14.0. The SMILES string of the molecule is CC(C)(C)c1ccnc(-n2c3[c-]c(Oc4[c-]c(N5[CH-]N(c6cc(C(C)(C)C)ccc6-c6cc(-c7ccccc7)cc(C(C)(C)c7ccccc7)c6)c6ccccc65)ccc4)ccc3c3ccccc32)c1.[Pt]. The van der Waals surface area contributed by atoms with Crippen molar-refractivity contribution >= 4 is 44.6 Å². The van der Waals surface area contributed by atoms with E-state index in [2.05, 4.69) is 258 Å². The molecule has 0 fully saturated rings. The van der Waals surface area contributed by atoms with Crippen LogP contribution in [0.2, 0.25) is 0 Å². The smallest absolute Gasteiger partial charge is 0.135 e. The van der Waals surface area contributed by atoms with Crippen molar-refractivity contribution < 1.29 is 25.8 Å². The number of nitrogens with zero attached hydrogens (tertiary/aromatic N) is 4. The predicted octanol–water partition coefficient (Wildman–Crippen LogP) is 17.2. The number of anilines is 4. The first-order valence-corrected chi connectivity index (χ1v) is 24.3. The number of para-hydroxylation sites is 3. The fourth-order valence-corrected chi connectivity index (χ4v) is 9.83. The molecule has 0 spiro atoms. The maximum Gasteiger partial charge on any atom is 0.135 e. The number of fused-ring (bicyclic) bond motifs is 4. The van der Waals surface area contributed by atoms with Crippen LogP contribution in [-0.2, 0) is 37.3 Å². The molecular formula is C65H57N4OPt-3. The Hall–Kier alpha value is -7.20. The maximum atomic E-state index is 6.70. The van der Waals surface area contributed by atoms with Crippen molar-refractivity contribution in [3.8, 4) is 39.6 Å². The van der Waals surface area contributed by atoms with Gasteiger partial charge in [0.05, 0.1) is 0 Å². The molecular weight excluding hydrogens is 1050 g/mol. The molecule has 5 nitrogen and oxygen atoms in total. The van der Waals surface area contributed by atoms with E-state index in [1.807, 2.05) is 24.4 Å². The van der Waals surface area contributed by atoms with Gasteiger partial charge < -0.3 is 19.1 Å². The number of aromatic nitrogens is 2. The van der Waals surface area contributed by atoms with Gasteiger partial charge in [-0.25, -0.2) is 4.98 Å². The summed E-state index contributed by atoms with van der Waals surface area (Å²) in [6, 6.07) is 74.6. The first kappa shape index (κ1) is 47.5. The Morgan fingerprint density at radius 1 is 0.465 bits per heavy atom. The summed E-state index contributed by atoms with van der Waals surface area (Å²) in [6.45, 7) is 20.4. The van der Waals surface area contributed by atoms with Gasteiger partial charge in [0.1, 0.15) is 5.82 Å². The molecule has 0 unspecified atom stereocenters.